The summed E-state index contributed by atoms with van der Waals surface area (Å²) in [5.74, 6) is -1.92. The fourth-order valence-electron chi connectivity index (χ4n) is 2.25. The lowest BCUT2D eigenvalue weighted by molar-refractivity contribution is -0.135. The van der Waals surface area contributed by atoms with E-state index in [1.54, 1.807) is 36.4 Å². The highest BCUT2D eigenvalue weighted by Gasteiger charge is 2.28. The number of ketones is 2. The largest absolute Gasteiger partial charge is 0.445 e. The SMILES string of the molecule is [N-]=[N+]=CC(=O)C(=O)[C@H](Cc1ccccc1)NC(=O)OCc1ccccc1. The Hall–Kier alpha value is -3.57. The molecule has 1 amide bonds. The zero-order valence-electron chi connectivity index (χ0n) is 13.9. The molecule has 2 aromatic rings. The second-order valence-electron chi connectivity index (χ2n) is 5.42. The molecule has 26 heavy (non-hydrogen) atoms. The number of hydrogen-bond acceptors (Lipinski definition) is 4. The van der Waals surface area contributed by atoms with Gasteiger partial charge in [-0.2, -0.15) is 4.79 Å². The molecule has 2 rings (SSSR count). The number of nitrogens with one attached hydrogen (secondary N) is 1. The van der Waals surface area contributed by atoms with Crippen LogP contribution in [0.25, 0.3) is 5.53 Å². The van der Waals surface area contributed by atoms with Crippen molar-refractivity contribution in [3.8, 4) is 0 Å². The quantitative estimate of drug-likeness (QED) is 0.339. The highest BCUT2D eigenvalue weighted by atomic mass is 16.5. The maximum atomic E-state index is 12.2. The number of alkyl carbamates (subject to hydrolysis) is 1. The van der Waals surface area contributed by atoms with Gasteiger partial charge in [0.2, 0.25) is 5.78 Å². The van der Waals surface area contributed by atoms with Crippen LogP contribution in [0.3, 0.4) is 0 Å². The first-order valence-corrected chi connectivity index (χ1v) is 7.87. The van der Waals surface area contributed by atoms with E-state index in [4.69, 9.17) is 10.3 Å². The number of rotatable bonds is 8. The number of ether oxygens (including phenoxy) is 1. The van der Waals surface area contributed by atoms with Gasteiger partial charge in [0, 0.05) is 6.42 Å². The predicted octanol–water partition coefficient (Wildman–Crippen LogP) is 1.96. The van der Waals surface area contributed by atoms with E-state index in [0.717, 1.165) is 11.1 Å². The summed E-state index contributed by atoms with van der Waals surface area (Å²) >= 11 is 0. The maximum Gasteiger partial charge on any atom is 0.408 e. The Kier molecular flexibility index (Phi) is 6.97. The predicted molar refractivity (Wildman–Crippen MR) is 93.4 cm³/mol. The lowest BCUT2D eigenvalue weighted by atomic mass is 10.0. The third-order valence-electron chi connectivity index (χ3n) is 3.52. The van der Waals surface area contributed by atoms with Crippen LogP contribution >= 0.6 is 0 Å². The zero-order valence-corrected chi connectivity index (χ0v) is 13.9. The molecule has 2 aromatic carbocycles. The molecule has 0 saturated carbocycles. The minimum Gasteiger partial charge on any atom is -0.445 e. The van der Waals surface area contributed by atoms with Crippen LogP contribution < -0.4 is 5.32 Å². The van der Waals surface area contributed by atoms with Crippen LogP contribution in [-0.4, -0.2) is 34.7 Å². The molecular formula is C19H17N3O4. The van der Waals surface area contributed by atoms with Crippen LogP contribution in [0, 0.1) is 0 Å². The lowest BCUT2D eigenvalue weighted by Crippen LogP contribution is -2.45. The molecule has 0 radical (unpaired) electrons. The molecule has 0 spiro atoms. The first-order valence-electron chi connectivity index (χ1n) is 7.87. The van der Waals surface area contributed by atoms with Gasteiger partial charge in [0.15, 0.2) is 0 Å². The Bertz CT molecular complexity index is 815. The molecule has 0 unspecified atom stereocenters. The minimum absolute atomic E-state index is 0.0327. The van der Waals surface area contributed by atoms with Gasteiger partial charge in [-0.25, -0.2) is 4.79 Å². The smallest absolute Gasteiger partial charge is 0.408 e. The summed E-state index contributed by atoms with van der Waals surface area (Å²) in [6.07, 6.45) is -0.223. The van der Waals surface area contributed by atoms with E-state index in [0.29, 0.717) is 6.21 Å². The van der Waals surface area contributed by atoms with Crippen LogP contribution in [0.1, 0.15) is 11.1 Å². The van der Waals surface area contributed by atoms with E-state index < -0.39 is 23.7 Å². The molecule has 0 aliphatic rings. The third-order valence-corrected chi connectivity index (χ3v) is 3.52. The summed E-state index contributed by atoms with van der Waals surface area (Å²) in [6.45, 7) is 0.0327. The van der Waals surface area contributed by atoms with E-state index in [1.165, 1.54) is 0 Å². The second-order valence-corrected chi connectivity index (χ2v) is 5.42. The Morgan fingerprint density at radius 2 is 1.58 bits per heavy atom. The fraction of sp³-hybridized carbons (Fsp3) is 0.158. The van der Waals surface area contributed by atoms with Crippen molar-refractivity contribution < 1.29 is 23.9 Å². The van der Waals surface area contributed by atoms with Crippen LogP contribution in [0.15, 0.2) is 60.7 Å². The normalized spacial score (nSPS) is 10.9. The molecule has 7 heteroatoms. The first-order chi connectivity index (χ1) is 12.6. The number of hydrogen-bond donors (Lipinski definition) is 1. The van der Waals surface area contributed by atoms with Gasteiger partial charge in [-0.05, 0) is 11.1 Å². The van der Waals surface area contributed by atoms with Crippen molar-refractivity contribution in [2.45, 2.75) is 19.1 Å². The summed E-state index contributed by atoms with van der Waals surface area (Å²) in [5, 5.41) is 2.40. The molecule has 0 fully saturated rings. The lowest BCUT2D eigenvalue weighted by Gasteiger charge is -2.16. The molecule has 0 aliphatic carbocycles. The van der Waals surface area contributed by atoms with Crippen molar-refractivity contribution >= 4 is 23.9 Å². The number of benzene rings is 2. The second kappa shape index (κ2) is 9.66. The van der Waals surface area contributed by atoms with Crippen molar-refractivity contribution in [2.75, 3.05) is 0 Å². The molecule has 7 nitrogen and oxygen atoms in total. The highest BCUT2D eigenvalue weighted by Crippen LogP contribution is 2.06. The van der Waals surface area contributed by atoms with Gasteiger partial charge < -0.3 is 15.6 Å². The summed E-state index contributed by atoms with van der Waals surface area (Å²) in [7, 11) is 0. The van der Waals surface area contributed by atoms with Crippen molar-refractivity contribution in [1.82, 2.24) is 5.32 Å². The molecular weight excluding hydrogens is 334 g/mol. The maximum absolute atomic E-state index is 12.2. The molecule has 0 aromatic heterocycles. The van der Waals surface area contributed by atoms with Crippen molar-refractivity contribution in [1.29, 1.82) is 0 Å². The number of nitrogens with zero attached hydrogens (tertiary/aromatic N) is 2. The van der Waals surface area contributed by atoms with Crippen LogP contribution in [0.5, 0.6) is 0 Å². The van der Waals surface area contributed by atoms with E-state index in [9.17, 15) is 14.4 Å². The topological polar surface area (TPSA) is 109 Å². The molecule has 1 atom stereocenters. The number of Topliss-reactive ketones (excluding diaryl/α,β-unsaturated/α-hetero) is 2. The van der Waals surface area contributed by atoms with Gasteiger partial charge in [-0.1, -0.05) is 60.7 Å². The zero-order chi connectivity index (χ0) is 18.8. The monoisotopic (exact) mass is 351 g/mol. The fourth-order valence-corrected chi connectivity index (χ4v) is 2.25. The van der Waals surface area contributed by atoms with Gasteiger partial charge in [-0.15, -0.1) is 0 Å². The van der Waals surface area contributed by atoms with Crippen LogP contribution in [0.2, 0.25) is 0 Å². The van der Waals surface area contributed by atoms with Gasteiger partial charge in [0.05, 0.1) is 0 Å². The van der Waals surface area contributed by atoms with Crippen molar-refractivity contribution in [3.05, 3.63) is 77.3 Å². The molecule has 0 heterocycles. The third kappa shape index (κ3) is 5.81. The van der Waals surface area contributed by atoms with Gasteiger partial charge in [-0.3, -0.25) is 9.59 Å². The van der Waals surface area contributed by atoms with Crippen LogP contribution in [-0.2, 0) is 27.4 Å². The molecule has 0 saturated heterocycles. The van der Waals surface area contributed by atoms with Gasteiger partial charge >= 0.3 is 18.1 Å². The van der Waals surface area contributed by atoms with E-state index in [1.807, 2.05) is 24.3 Å². The summed E-state index contributed by atoms with van der Waals surface area (Å²) in [5.41, 5.74) is 9.98. The van der Waals surface area contributed by atoms with Gasteiger partial charge in [0.1, 0.15) is 12.6 Å². The molecule has 1 N–H and O–H groups in total. The molecule has 0 aliphatic heterocycles. The summed E-state index contributed by atoms with van der Waals surface area (Å²) in [6, 6.07) is 16.8. The van der Waals surface area contributed by atoms with Crippen LogP contribution in [0.4, 0.5) is 4.79 Å². The van der Waals surface area contributed by atoms with Crippen molar-refractivity contribution in [2.24, 2.45) is 0 Å². The Morgan fingerprint density at radius 3 is 2.15 bits per heavy atom. The molecule has 132 valence electrons. The summed E-state index contributed by atoms with van der Waals surface area (Å²) < 4.78 is 5.09. The minimum atomic E-state index is -1.13. The van der Waals surface area contributed by atoms with E-state index >= 15 is 0 Å². The Morgan fingerprint density at radius 1 is 1.00 bits per heavy atom. The highest BCUT2D eigenvalue weighted by molar-refractivity contribution is 6.59. The van der Waals surface area contributed by atoms with Crippen molar-refractivity contribution in [3.63, 3.8) is 0 Å². The summed E-state index contributed by atoms with van der Waals surface area (Å²) in [4.78, 5) is 38.5. The van der Waals surface area contributed by atoms with E-state index in [-0.39, 0.29) is 13.0 Å². The number of amides is 1. The van der Waals surface area contributed by atoms with Gasteiger partial charge in [0.25, 0.3) is 0 Å². The Balaban J connectivity index is 2.04. The number of carbonyl (C=O) groups excluding carboxylic acids is 3. The Labute approximate surface area is 150 Å². The average molecular weight is 351 g/mol. The number of carbonyl (C=O) groups is 3. The standard InChI is InChI=1S/C19H17N3O4/c20-21-12-17(23)18(24)16(11-14-7-3-1-4-8-14)22-19(25)26-13-15-9-5-2-6-10-15/h1-10,12,16H,11,13H2,(H,22,25)/t16-/m0/s1. The van der Waals surface area contributed by atoms with E-state index in [2.05, 4.69) is 10.1 Å². The average Bonchev–Trinajstić information content (AvgIpc) is 2.67. The first kappa shape index (κ1) is 18.8. The molecule has 0 bridgehead atoms.